The van der Waals surface area contributed by atoms with Gasteiger partial charge in [-0.25, -0.2) is 0 Å². The van der Waals surface area contributed by atoms with Crippen molar-refractivity contribution in [1.29, 1.82) is 0 Å². The summed E-state index contributed by atoms with van der Waals surface area (Å²) in [6.07, 6.45) is 4.59. The van der Waals surface area contributed by atoms with Gasteiger partial charge in [0.05, 0.1) is 6.04 Å². The second-order valence-electron chi connectivity index (χ2n) is 7.47. The summed E-state index contributed by atoms with van der Waals surface area (Å²) in [7, 11) is 0. The second-order valence-corrected chi connectivity index (χ2v) is 7.47. The van der Waals surface area contributed by atoms with E-state index in [0.29, 0.717) is 25.9 Å². The third-order valence-electron chi connectivity index (χ3n) is 5.58. The van der Waals surface area contributed by atoms with Crippen LogP contribution < -0.4 is 5.73 Å². The number of carbonyl (C=O) groups is 2. The molecule has 1 unspecified atom stereocenters. The molecular weight excluding hydrogens is 314 g/mol. The van der Waals surface area contributed by atoms with Crippen LogP contribution in [0, 0.1) is 12.8 Å². The Morgan fingerprint density at radius 3 is 2.56 bits per heavy atom. The van der Waals surface area contributed by atoms with Gasteiger partial charge in [0.2, 0.25) is 11.8 Å². The molecule has 2 fully saturated rings. The number of nitrogens with two attached hydrogens (primary N) is 1. The molecule has 2 aliphatic rings. The number of piperidine rings is 2. The topological polar surface area (TPSA) is 66.6 Å². The summed E-state index contributed by atoms with van der Waals surface area (Å²) in [6, 6.07) is 8.50. The van der Waals surface area contributed by atoms with Crippen LogP contribution in [-0.2, 0) is 16.1 Å². The van der Waals surface area contributed by atoms with Gasteiger partial charge in [-0.1, -0.05) is 36.2 Å². The Hall–Kier alpha value is -1.88. The molecule has 25 heavy (non-hydrogen) atoms. The van der Waals surface area contributed by atoms with Crippen LogP contribution in [0.25, 0.3) is 0 Å². The number of aryl methyl sites for hydroxylation is 1. The summed E-state index contributed by atoms with van der Waals surface area (Å²) in [5, 5.41) is 0. The van der Waals surface area contributed by atoms with Crippen LogP contribution in [0.4, 0.5) is 0 Å². The molecule has 1 atom stereocenters. The monoisotopic (exact) mass is 343 g/mol. The van der Waals surface area contributed by atoms with Crippen molar-refractivity contribution in [2.45, 2.75) is 51.6 Å². The van der Waals surface area contributed by atoms with Crippen molar-refractivity contribution in [3.63, 3.8) is 0 Å². The lowest BCUT2D eigenvalue weighted by atomic mass is 9.94. The highest BCUT2D eigenvalue weighted by molar-refractivity contribution is 5.83. The first-order chi connectivity index (χ1) is 12.0. The van der Waals surface area contributed by atoms with E-state index in [0.717, 1.165) is 32.4 Å². The van der Waals surface area contributed by atoms with E-state index in [1.54, 1.807) is 0 Å². The van der Waals surface area contributed by atoms with E-state index in [4.69, 9.17) is 5.73 Å². The molecule has 2 heterocycles. The van der Waals surface area contributed by atoms with Gasteiger partial charge in [0.25, 0.3) is 0 Å². The molecular formula is C20H29N3O2. The van der Waals surface area contributed by atoms with Gasteiger partial charge in [-0.3, -0.25) is 14.5 Å². The first-order valence-electron chi connectivity index (χ1n) is 9.42. The van der Waals surface area contributed by atoms with Gasteiger partial charge in [-0.15, -0.1) is 0 Å². The van der Waals surface area contributed by atoms with Crippen LogP contribution in [0.1, 0.15) is 43.2 Å². The third-order valence-corrected chi connectivity index (χ3v) is 5.58. The molecule has 136 valence electrons. The van der Waals surface area contributed by atoms with Gasteiger partial charge in [0, 0.05) is 25.6 Å². The number of likely N-dealkylation sites (tertiary alicyclic amines) is 2. The molecule has 5 nitrogen and oxygen atoms in total. The van der Waals surface area contributed by atoms with Crippen molar-refractivity contribution in [3.8, 4) is 0 Å². The van der Waals surface area contributed by atoms with Gasteiger partial charge < -0.3 is 10.6 Å². The Morgan fingerprint density at radius 2 is 1.88 bits per heavy atom. The number of primary amides is 1. The molecule has 3 rings (SSSR count). The largest absolute Gasteiger partial charge is 0.369 e. The Kier molecular flexibility index (Phi) is 5.74. The zero-order valence-corrected chi connectivity index (χ0v) is 15.1. The van der Waals surface area contributed by atoms with Crippen molar-refractivity contribution in [1.82, 2.24) is 9.80 Å². The average molecular weight is 343 g/mol. The lowest BCUT2D eigenvalue weighted by Gasteiger charge is -2.39. The maximum atomic E-state index is 13.1. The van der Waals surface area contributed by atoms with Crippen LogP contribution >= 0.6 is 0 Å². The maximum absolute atomic E-state index is 13.1. The Morgan fingerprint density at radius 1 is 1.12 bits per heavy atom. The number of carbonyl (C=O) groups excluding carboxylic acids is 2. The van der Waals surface area contributed by atoms with Crippen LogP contribution in [0.5, 0.6) is 0 Å². The zero-order chi connectivity index (χ0) is 17.8. The standard InChI is InChI=1S/C20H29N3O2/c1-15-5-4-6-16(13-15)14-23-10-3-2-7-18(23)20(25)22-11-8-17(9-12-22)19(21)24/h4-6,13,17-18H,2-3,7-12,14H2,1H3,(H2,21,24). The summed E-state index contributed by atoms with van der Waals surface area (Å²) in [6.45, 7) is 5.21. The van der Waals surface area contributed by atoms with E-state index in [2.05, 4.69) is 36.1 Å². The quantitative estimate of drug-likeness (QED) is 0.910. The highest BCUT2D eigenvalue weighted by Crippen LogP contribution is 2.24. The number of benzene rings is 1. The molecule has 2 aliphatic heterocycles. The normalized spacial score (nSPS) is 22.8. The molecule has 5 heteroatoms. The molecule has 0 aliphatic carbocycles. The molecule has 2 saturated heterocycles. The number of hydrogen-bond donors (Lipinski definition) is 1. The zero-order valence-electron chi connectivity index (χ0n) is 15.1. The summed E-state index contributed by atoms with van der Waals surface area (Å²) in [4.78, 5) is 28.7. The lowest BCUT2D eigenvalue weighted by Crippen LogP contribution is -2.52. The summed E-state index contributed by atoms with van der Waals surface area (Å²) in [5.41, 5.74) is 7.93. The second kappa shape index (κ2) is 8.00. The molecule has 2 amide bonds. The Bertz CT molecular complexity index is 623. The van der Waals surface area contributed by atoms with Gasteiger partial charge in [0.15, 0.2) is 0 Å². The number of hydrogen-bond acceptors (Lipinski definition) is 3. The van der Waals surface area contributed by atoms with E-state index in [1.165, 1.54) is 11.1 Å². The van der Waals surface area contributed by atoms with E-state index in [9.17, 15) is 9.59 Å². The predicted octanol–water partition coefficient (Wildman–Crippen LogP) is 2.07. The van der Waals surface area contributed by atoms with Crippen LogP contribution in [0.2, 0.25) is 0 Å². The molecule has 2 N–H and O–H groups in total. The summed E-state index contributed by atoms with van der Waals surface area (Å²) in [5.74, 6) is -0.0695. The van der Waals surface area contributed by atoms with Crippen molar-refractivity contribution >= 4 is 11.8 Å². The van der Waals surface area contributed by atoms with Crippen molar-refractivity contribution < 1.29 is 9.59 Å². The minimum Gasteiger partial charge on any atom is -0.369 e. The van der Waals surface area contributed by atoms with Crippen LogP contribution in [-0.4, -0.2) is 47.3 Å². The predicted molar refractivity (Wildman–Crippen MR) is 97.7 cm³/mol. The van der Waals surface area contributed by atoms with Crippen molar-refractivity contribution in [3.05, 3.63) is 35.4 Å². The highest BCUT2D eigenvalue weighted by Gasteiger charge is 2.34. The molecule has 0 radical (unpaired) electrons. The lowest BCUT2D eigenvalue weighted by molar-refractivity contribution is -0.141. The van der Waals surface area contributed by atoms with E-state index in [1.807, 2.05) is 4.90 Å². The summed E-state index contributed by atoms with van der Waals surface area (Å²) < 4.78 is 0. The SMILES string of the molecule is Cc1cccc(CN2CCCCC2C(=O)N2CCC(C(N)=O)CC2)c1. The van der Waals surface area contributed by atoms with Crippen molar-refractivity contribution in [2.75, 3.05) is 19.6 Å². The van der Waals surface area contributed by atoms with Gasteiger partial charge in [0.1, 0.15) is 0 Å². The molecule has 0 aromatic heterocycles. The fourth-order valence-electron chi connectivity index (χ4n) is 4.10. The van der Waals surface area contributed by atoms with Crippen molar-refractivity contribution in [2.24, 2.45) is 11.7 Å². The smallest absolute Gasteiger partial charge is 0.239 e. The van der Waals surface area contributed by atoms with Gasteiger partial charge in [-0.2, -0.15) is 0 Å². The molecule has 0 spiro atoms. The van der Waals surface area contributed by atoms with Gasteiger partial charge >= 0.3 is 0 Å². The molecule has 0 saturated carbocycles. The molecule has 1 aromatic rings. The van der Waals surface area contributed by atoms with Crippen LogP contribution in [0.15, 0.2) is 24.3 Å². The first-order valence-corrected chi connectivity index (χ1v) is 9.42. The average Bonchev–Trinajstić information content (AvgIpc) is 2.62. The first kappa shape index (κ1) is 17.9. The van der Waals surface area contributed by atoms with E-state index >= 15 is 0 Å². The number of amides is 2. The molecule has 0 bridgehead atoms. The van der Waals surface area contributed by atoms with Gasteiger partial charge in [-0.05, 0) is 44.7 Å². The minimum atomic E-state index is -0.231. The highest BCUT2D eigenvalue weighted by atomic mass is 16.2. The third kappa shape index (κ3) is 4.40. The number of nitrogens with zero attached hydrogens (tertiary/aromatic N) is 2. The fraction of sp³-hybridized carbons (Fsp3) is 0.600. The number of rotatable bonds is 4. The Labute approximate surface area is 150 Å². The molecule has 1 aromatic carbocycles. The maximum Gasteiger partial charge on any atom is 0.239 e. The summed E-state index contributed by atoms with van der Waals surface area (Å²) >= 11 is 0. The minimum absolute atomic E-state index is 0.0283. The van der Waals surface area contributed by atoms with Crippen LogP contribution in [0.3, 0.4) is 0 Å². The fourth-order valence-corrected chi connectivity index (χ4v) is 4.10. The van der Waals surface area contributed by atoms with E-state index < -0.39 is 0 Å². The van der Waals surface area contributed by atoms with E-state index in [-0.39, 0.29) is 23.8 Å². The Balaban J connectivity index is 1.64.